The average molecular weight is 1590 g/mol. The molecule has 0 saturated heterocycles. The molecular weight excluding hydrogens is 1470 g/mol. The van der Waals surface area contributed by atoms with E-state index in [-0.39, 0.29) is 0 Å². The van der Waals surface area contributed by atoms with E-state index >= 15 is 0 Å². The smallest absolute Gasteiger partial charge is 0.0596 e. The second kappa shape index (κ2) is 48.5. The third-order valence-corrected chi connectivity index (χ3v) is 37.0. The lowest BCUT2D eigenvalue weighted by Gasteiger charge is -2.06. The molecule has 8 rings (SSSR count). The standard InChI is InChI=1S/C80H114S16/c1-9-17-25-33-43-81-59-41-51-89-73(59)75-67(83-45-35-27-19-11-3)53-61(91-75)63-55-69(85-47-37-29-21-13-5)77(93-63)79-71(87-49-39-31-23-15-7)57-65(95-79)66-58-72(88-50-40-32-24-16-8)80(96-66)78-70(86-48-38-30-22-14-6)56-64(94-78)62-54-68(84-46-36-28-20-12-4)76(92-62)74-60(42-52-90-74)82-44-34-26-18-10-2/h41-42,51-58H,9-40,43-50H2,1-8H3. The molecule has 96 heavy (non-hydrogen) atoms. The summed E-state index contributed by atoms with van der Waals surface area (Å²) in [5.74, 6) is 9.52. The van der Waals surface area contributed by atoms with Gasteiger partial charge in [-0.05, 0) is 157 Å². The summed E-state index contributed by atoms with van der Waals surface area (Å²) in [4.78, 5) is 32.8. The van der Waals surface area contributed by atoms with Gasteiger partial charge in [0.25, 0.3) is 0 Å². The van der Waals surface area contributed by atoms with E-state index in [2.05, 4.69) is 277 Å². The monoisotopic (exact) mass is 1590 g/mol. The van der Waals surface area contributed by atoms with Gasteiger partial charge in [-0.2, -0.15) is 0 Å². The van der Waals surface area contributed by atoms with Gasteiger partial charge in [-0.25, -0.2) is 0 Å². The summed E-state index contributed by atoms with van der Waals surface area (Å²) in [5, 5.41) is 4.73. The third kappa shape index (κ3) is 26.5. The molecule has 0 amide bonds. The van der Waals surface area contributed by atoms with Gasteiger partial charge in [0.05, 0.1) is 39.0 Å². The van der Waals surface area contributed by atoms with Crippen molar-refractivity contribution >= 4 is 185 Å². The van der Waals surface area contributed by atoms with Crippen molar-refractivity contribution in [2.45, 2.75) is 300 Å². The highest BCUT2D eigenvalue weighted by molar-refractivity contribution is 8.01. The molecule has 16 heteroatoms. The molecule has 0 bridgehead atoms. The Balaban J connectivity index is 1.22. The van der Waals surface area contributed by atoms with Crippen LogP contribution in [0.3, 0.4) is 0 Å². The molecule has 0 spiro atoms. The molecule has 0 fully saturated rings. The first-order valence-electron chi connectivity index (χ1n) is 37.4. The van der Waals surface area contributed by atoms with E-state index in [1.165, 1.54) is 359 Å². The van der Waals surface area contributed by atoms with Gasteiger partial charge >= 0.3 is 0 Å². The maximum absolute atomic E-state index is 2.67. The fraction of sp³-hybridized carbons (Fsp3) is 0.600. The van der Waals surface area contributed by atoms with Crippen LogP contribution < -0.4 is 0 Å². The number of hydrogen-bond donors (Lipinski definition) is 0. The van der Waals surface area contributed by atoms with E-state index in [9.17, 15) is 0 Å². The normalized spacial score (nSPS) is 11.9. The van der Waals surface area contributed by atoms with Crippen LogP contribution in [0.5, 0.6) is 0 Å². The number of rotatable bonds is 55. The SMILES string of the molecule is CCCCCCSc1ccsc1-c1sc(-c2cc(SCCCCCC)c(-c3sc(-c4cc(SCCCCCC)c(-c5sc(-c6cc(SCCCCCC)c(-c7sccc7SCCCCCC)s6)cc5SCCCCCC)s4)cc3SCCCCCC)s2)cc1SCCCCCC. The van der Waals surface area contributed by atoms with Gasteiger partial charge in [-0.15, -0.1) is 185 Å². The van der Waals surface area contributed by atoms with Crippen molar-refractivity contribution in [3.8, 4) is 68.3 Å². The lowest BCUT2D eigenvalue weighted by molar-refractivity contribution is 0.706. The first-order chi connectivity index (χ1) is 47.4. The minimum atomic E-state index is 1.17. The summed E-state index contributed by atoms with van der Waals surface area (Å²) in [7, 11) is 0. The predicted molar refractivity (Wildman–Crippen MR) is 466 cm³/mol. The third-order valence-electron chi connectivity index (χ3n) is 17.0. The van der Waals surface area contributed by atoms with Crippen LogP contribution in [-0.4, -0.2) is 46.0 Å². The molecule has 0 saturated carbocycles. The highest BCUT2D eigenvalue weighted by Gasteiger charge is 2.27. The van der Waals surface area contributed by atoms with Crippen LogP contribution in [0.1, 0.15) is 261 Å². The van der Waals surface area contributed by atoms with Crippen LogP contribution >= 0.6 is 185 Å². The van der Waals surface area contributed by atoms with Crippen molar-refractivity contribution in [3.05, 3.63) is 59.3 Å². The first-order valence-corrected chi connectivity index (χ1v) is 51.9. The molecule has 8 aromatic rings. The predicted octanol–water partition coefficient (Wildman–Crippen LogP) is 35.2. The summed E-state index contributed by atoms with van der Waals surface area (Å²) >= 11 is 33.7. The molecule has 0 atom stereocenters. The summed E-state index contributed by atoms with van der Waals surface area (Å²) in [6.45, 7) is 18.7. The molecule has 0 aliphatic rings. The number of thioether (sulfide) groups is 8. The molecule has 0 unspecified atom stereocenters. The molecule has 0 N–H and O–H groups in total. The summed E-state index contributed by atoms with van der Waals surface area (Å²) in [6.07, 6.45) is 41.8. The highest BCUT2D eigenvalue weighted by atomic mass is 32.2. The Morgan fingerprint density at radius 2 is 0.365 bits per heavy atom. The van der Waals surface area contributed by atoms with E-state index in [1.807, 2.05) is 22.7 Å². The Morgan fingerprint density at radius 1 is 0.198 bits per heavy atom. The minimum Gasteiger partial charge on any atom is -0.142 e. The van der Waals surface area contributed by atoms with Crippen LogP contribution in [0.25, 0.3) is 68.3 Å². The van der Waals surface area contributed by atoms with E-state index in [0.29, 0.717) is 0 Å². The molecule has 0 aliphatic heterocycles. The van der Waals surface area contributed by atoms with E-state index in [4.69, 9.17) is 0 Å². The van der Waals surface area contributed by atoms with Crippen molar-refractivity contribution in [2.75, 3.05) is 46.0 Å². The lowest BCUT2D eigenvalue weighted by atomic mass is 10.2. The first kappa shape index (κ1) is 82.1. The quantitative estimate of drug-likeness (QED) is 0.0270. The molecular formula is C80H114S16. The molecule has 0 nitrogen and oxygen atoms in total. The maximum atomic E-state index is 2.67. The zero-order valence-corrected chi connectivity index (χ0v) is 72.7. The van der Waals surface area contributed by atoms with Gasteiger partial charge in [-0.1, -0.05) is 209 Å². The van der Waals surface area contributed by atoms with Crippen molar-refractivity contribution in [3.63, 3.8) is 0 Å². The molecule has 530 valence electrons. The fourth-order valence-electron chi connectivity index (χ4n) is 11.4. The van der Waals surface area contributed by atoms with E-state index in [1.54, 1.807) is 0 Å². The summed E-state index contributed by atoms with van der Waals surface area (Å²) in [5.41, 5.74) is 0. The van der Waals surface area contributed by atoms with E-state index in [0.717, 1.165) is 0 Å². The Hall–Kier alpha value is 0.400. The maximum Gasteiger partial charge on any atom is 0.0596 e. The minimum absolute atomic E-state index is 1.17. The zero-order valence-electron chi connectivity index (χ0n) is 59.6. The number of hydrogen-bond acceptors (Lipinski definition) is 16. The van der Waals surface area contributed by atoms with Gasteiger partial charge in [0.15, 0.2) is 0 Å². The van der Waals surface area contributed by atoms with Crippen molar-refractivity contribution in [1.29, 1.82) is 0 Å². The van der Waals surface area contributed by atoms with Crippen molar-refractivity contribution < 1.29 is 0 Å². The van der Waals surface area contributed by atoms with Crippen LogP contribution in [0.4, 0.5) is 0 Å². The number of thiophene rings is 8. The molecule has 0 radical (unpaired) electrons. The van der Waals surface area contributed by atoms with Crippen LogP contribution in [0, 0.1) is 0 Å². The summed E-state index contributed by atoms with van der Waals surface area (Å²) in [6, 6.07) is 20.7. The van der Waals surface area contributed by atoms with Crippen molar-refractivity contribution in [2.24, 2.45) is 0 Å². The van der Waals surface area contributed by atoms with Crippen LogP contribution in [0.15, 0.2) is 98.5 Å². The van der Waals surface area contributed by atoms with Gasteiger partial charge in [0.1, 0.15) is 0 Å². The molecule has 8 aromatic heterocycles. The van der Waals surface area contributed by atoms with Gasteiger partial charge in [0.2, 0.25) is 0 Å². The number of unbranched alkanes of at least 4 members (excludes halogenated alkanes) is 24. The lowest BCUT2D eigenvalue weighted by Crippen LogP contribution is -1.83. The van der Waals surface area contributed by atoms with E-state index < -0.39 is 0 Å². The largest absolute Gasteiger partial charge is 0.142 e. The Labute approximate surface area is 650 Å². The Morgan fingerprint density at radius 3 is 0.542 bits per heavy atom. The molecule has 8 heterocycles. The molecule has 0 aliphatic carbocycles. The van der Waals surface area contributed by atoms with Crippen LogP contribution in [-0.2, 0) is 0 Å². The molecule has 0 aromatic carbocycles. The average Bonchev–Trinajstić information content (AvgIpc) is 1.62. The van der Waals surface area contributed by atoms with Crippen molar-refractivity contribution in [1.82, 2.24) is 0 Å². The topological polar surface area (TPSA) is 0 Å². The van der Waals surface area contributed by atoms with Gasteiger partial charge < -0.3 is 0 Å². The Kier molecular flexibility index (Phi) is 41.5. The second-order valence-electron chi connectivity index (χ2n) is 25.3. The zero-order chi connectivity index (χ0) is 67.4. The van der Waals surface area contributed by atoms with Crippen LogP contribution in [0.2, 0.25) is 0 Å². The fourth-order valence-corrected chi connectivity index (χ4v) is 31.7. The van der Waals surface area contributed by atoms with Gasteiger partial charge in [-0.3, -0.25) is 0 Å². The second-order valence-corrected chi connectivity index (χ2v) is 42.6. The van der Waals surface area contributed by atoms with Gasteiger partial charge in [0, 0.05) is 68.4 Å². The highest BCUT2D eigenvalue weighted by Crippen LogP contribution is 2.58. The Bertz CT molecular complexity index is 3130. The summed E-state index contributed by atoms with van der Waals surface area (Å²) < 4.78 is 0.